The van der Waals surface area contributed by atoms with Gasteiger partial charge >= 0.3 is 5.97 Å². The first-order valence-electron chi connectivity index (χ1n) is 6.67. The zero-order valence-corrected chi connectivity index (χ0v) is 11.9. The van der Waals surface area contributed by atoms with Crippen LogP contribution in [0.25, 0.3) is 0 Å². The average molecular weight is 279 g/mol. The van der Waals surface area contributed by atoms with Crippen LogP contribution in [0.15, 0.2) is 24.3 Å². The molecule has 0 fully saturated rings. The van der Waals surface area contributed by atoms with E-state index in [1.54, 1.807) is 31.4 Å². The van der Waals surface area contributed by atoms with Crippen LogP contribution >= 0.6 is 0 Å². The molecule has 0 aliphatic rings. The van der Waals surface area contributed by atoms with E-state index in [1.807, 2.05) is 6.92 Å². The number of carbonyl (C=O) groups is 2. The van der Waals surface area contributed by atoms with Crippen molar-refractivity contribution in [1.29, 1.82) is 0 Å². The molecule has 5 heteroatoms. The maximum absolute atomic E-state index is 11.9. The zero-order chi connectivity index (χ0) is 15.0. The predicted molar refractivity (Wildman–Crippen MR) is 76.0 cm³/mol. The van der Waals surface area contributed by atoms with E-state index < -0.39 is 5.97 Å². The molecule has 0 spiro atoms. The van der Waals surface area contributed by atoms with Crippen LogP contribution in [-0.4, -0.2) is 30.6 Å². The summed E-state index contributed by atoms with van der Waals surface area (Å²) in [6.45, 7) is 2.53. The minimum Gasteiger partial charge on any atom is -0.497 e. The Balaban J connectivity index is 2.34. The number of ether oxygens (including phenoxy) is 1. The quantitative estimate of drug-likeness (QED) is 0.765. The van der Waals surface area contributed by atoms with Crippen LogP contribution in [0.3, 0.4) is 0 Å². The molecule has 1 atom stereocenters. The first-order valence-corrected chi connectivity index (χ1v) is 6.67. The molecule has 0 radical (unpaired) electrons. The third-order valence-corrected chi connectivity index (χ3v) is 3.11. The third-order valence-electron chi connectivity index (χ3n) is 3.11. The summed E-state index contributed by atoms with van der Waals surface area (Å²) in [7, 11) is 1.56. The minimum absolute atomic E-state index is 0.144. The van der Waals surface area contributed by atoms with E-state index in [0.717, 1.165) is 6.42 Å². The Kier molecular flexibility index (Phi) is 6.56. The van der Waals surface area contributed by atoms with Crippen molar-refractivity contribution in [2.45, 2.75) is 26.2 Å². The van der Waals surface area contributed by atoms with Crippen molar-refractivity contribution in [3.63, 3.8) is 0 Å². The van der Waals surface area contributed by atoms with Gasteiger partial charge in [0.05, 0.1) is 7.11 Å². The number of hydrogen-bond acceptors (Lipinski definition) is 3. The fourth-order valence-electron chi connectivity index (χ4n) is 1.81. The molecule has 20 heavy (non-hydrogen) atoms. The molecule has 1 aromatic carbocycles. The van der Waals surface area contributed by atoms with Crippen molar-refractivity contribution < 1.29 is 19.4 Å². The number of carboxylic acids is 1. The van der Waals surface area contributed by atoms with Gasteiger partial charge in [0.25, 0.3) is 5.91 Å². The minimum atomic E-state index is -0.780. The van der Waals surface area contributed by atoms with E-state index in [9.17, 15) is 9.59 Å². The second-order valence-electron chi connectivity index (χ2n) is 4.81. The van der Waals surface area contributed by atoms with Gasteiger partial charge in [-0.1, -0.05) is 13.0 Å². The molecule has 2 N–H and O–H groups in total. The van der Waals surface area contributed by atoms with Crippen LogP contribution in [0, 0.1) is 5.92 Å². The Morgan fingerprint density at radius 1 is 1.35 bits per heavy atom. The first-order chi connectivity index (χ1) is 9.52. The van der Waals surface area contributed by atoms with E-state index in [1.165, 1.54) is 0 Å². The molecule has 0 aromatic heterocycles. The van der Waals surface area contributed by atoms with Gasteiger partial charge in [-0.2, -0.15) is 0 Å². The van der Waals surface area contributed by atoms with Crippen LogP contribution in [0.5, 0.6) is 5.75 Å². The number of nitrogens with one attached hydrogen (secondary N) is 1. The number of amides is 1. The van der Waals surface area contributed by atoms with Crippen LogP contribution in [0.4, 0.5) is 0 Å². The first kappa shape index (κ1) is 16.0. The Bertz CT molecular complexity index is 459. The fourth-order valence-corrected chi connectivity index (χ4v) is 1.81. The van der Waals surface area contributed by atoms with E-state index in [4.69, 9.17) is 9.84 Å². The summed E-state index contributed by atoms with van der Waals surface area (Å²) in [4.78, 5) is 22.3. The third kappa shape index (κ3) is 5.73. The number of carbonyl (C=O) groups excluding carboxylic acids is 1. The molecule has 0 aliphatic carbocycles. The van der Waals surface area contributed by atoms with Gasteiger partial charge in [-0.05, 0) is 37.0 Å². The highest BCUT2D eigenvalue weighted by atomic mass is 16.5. The second-order valence-corrected chi connectivity index (χ2v) is 4.81. The summed E-state index contributed by atoms with van der Waals surface area (Å²) in [6.07, 6.45) is 1.57. The summed E-state index contributed by atoms with van der Waals surface area (Å²) >= 11 is 0. The van der Waals surface area contributed by atoms with Gasteiger partial charge in [0.1, 0.15) is 5.75 Å². The van der Waals surface area contributed by atoms with Crippen molar-refractivity contribution in [1.82, 2.24) is 5.32 Å². The fraction of sp³-hybridized carbons (Fsp3) is 0.467. The molecule has 0 saturated carbocycles. The molecule has 0 heterocycles. The van der Waals surface area contributed by atoms with Crippen molar-refractivity contribution >= 4 is 11.9 Å². The Hall–Kier alpha value is -2.04. The average Bonchev–Trinajstić information content (AvgIpc) is 2.45. The standard InChI is InChI=1S/C15H21NO4/c1-11(6-7-14(17)18)8-9-16-15(19)12-4-3-5-13(10-12)20-2/h3-5,10-11H,6-9H2,1-2H3,(H,16,19)(H,17,18). The Labute approximate surface area is 118 Å². The largest absolute Gasteiger partial charge is 0.497 e. The lowest BCUT2D eigenvalue weighted by Crippen LogP contribution is -2.25. The van der Waals surface area contributed by atoms with E-state index >= 15 is 0 Å². The zero-order valence-electron chi connectivity index (χ0n) is 11.9. The van der Waals surface area contributed by atoms with Gasteiger partial charge in [-0.15, -0.1) is 0 Å². The lowest BCUT2D eigenvalue weighted by atomic mass is 10.0. The van der Waals surface area contributed by atoms with Gasteiger partial charge in [-0.3, -0.25) is 9.59 Å². The van der Waals surface area contributed by atoms with E-state index in [-0.39, 0.29) is 18.2 Å². The molecule has 1 unspecified atom stereocenters. The van der Waals surface area contributed by atoms with E-state index in [0.29, 0.717) is 24.3 Å². The Morgan fingerprint density at radius 3 is 2.75 bits per heavy atom. The van der Waals surface area contributed by atoms with Crippen LogP contribution in [0.2, 0.25) is 0 Å². The van der Waals surface area contributed by atoms with E-state index in [2.05, 4.69) is 5.32 Å². The molecule has 0 saturated heterocycles. The molecule has 110 valence electrons. The smallest absolute Gasteiger partial charge is 0.303 e. The molecule has 5 nitrogen and oxygen atoms in total. The number of methoxy groups -OCH3 is 1. The number of carboxylic acid groups (broad SMARTS) is 1. The van der Waals surface area contributed by atoms with Crippen molar-refractivity contribution in [2.24, 2.45) is 5.92 Å². The molecule has 1 aromatic rings. The monoisotopic (exact) mass is 279 g/mol. The maximum Gasteiger partial charge on any atom is 0.303 e. The molecule has 0 bridgehead atoms. The van der Waals surface area contributed by atoms with Crippen molar-refractivity contribution in [3.05, 3.63) is 29.8 Å². The SMILES string of the molecule is COc1cccc(C(=O)NCCC(C)CCC(=O)O)c1. The lowest BCUT2D eigenvalue weighted by molar-refractivity contribution is -0.137. The maximum atomic E-state index is 11.9. The van der Waals surface area contributed by atoms with Gasteiger partial charge in [0.15, 0.2) is 0 Å². The summed E-state index contributed by atoms with van der Waals surface area (Å²) in [6, 6.07) is 6.96. The predicted octanol–water partition coefficient (Wildman–Crippen LogP) is 2.32. The topological polar surface area (TPSA) is 75.6 Å². The van der Waals surface area contributed by atoms with Gasteiger partial charge < -0.3 is 15.2 Å². The number of hydrogen-bond donors (Lipinski definition) is 2. The van der Waals surface area contributed by atoms with Crippen molar-refractivity contribution in [3.8, 4) is 5.75 Å². The summed E-state index contributed by atoms with van der Waals surface area (Å²) in [5, 5.41) is 11.4. The number of rotatable bonds is 8. The Morgan fingerprint density at radius 2 is 2.10 bits per heavy atom. The van der Waals surface area contributed by atoms with Gasteiger partial charge in [0, 0.05) is 18.5 Å². The van der Waals surface area contributed by atoms with Crippen LogP contribution in [-0.2, 0) is 4.79 Å². The molecular formula is C15H21NO4. The number of benzene rings is 1. The molecule has 0 aliphatic heterocycles. The molecule has 1 rings (SSSR count). The van der Waals surface area contributed by atoms with Crippen LogP contribution < -0.4 is 10.1 Å². The summed E-state index contributed by atoms with van der Waals surface area (Å²) < 4.78 is 5.07. The highest BCUT2D eigenvalue weighted by Crippen LogP contribution is 2.13. The van der Waals surface area contributed by atoms with Crippen LogP contribution in [0.1, 0.15) is 36.5 Å². The second kappa shape index (κ2) is 8.19. The van der Waals surface area contributed by atoms with Crippen molar-refractivity contribution in [2.75, 3.05) is 13.7 Å². The highest BCUT2D eigenvalue weighted by molar-refractivity contribution is 5.94. The van der Waals surface area contributed by atoms with Gasteiger partial charge in [-0.25, -0.2) is 0 Å². The van der Waals surface area contributed by atoms with Gasteiger partial charge in [0.2, 0.25) is 0 Å². The highest BCUT2D eigenvalue weighted by Gasteiger charge is 2.08. The number of aliphatic carboxylic acids is 1. The lowest BCUT2D eigenvalue weighted by Gasteiger charge is -2.11. The molecular weight excluding hydrogens is 258 g/mol. The summed E-state index contributed by atoms with van der Waals surface area (Å²) in [5.41, 5.74) is 0.558. The normalized spacial score (nSPS) is 11.7. The summed E-state index contributed by atoms with van der Waals surface area (Å²) in [5.74, 6) is -0.00390. The molecule has 1 amide bonds.